The smallest absolute Gasteiger partial charge is 0.120 e. The lowest BCUT2D eigenvalue weighted by atomic mass is 10.2. The van der Waals surface area contributed by atoms with E-state index in [4.69, 9.17) is 14.2 Å². The normalized spacial score (nSPS) is 10.3. The van der Waals surface area contributed by atoms with E-state index in [2.05, 4.69) is 13.5 Å². The Labute approximate surface area is 109 Å². The Morgan fingerprint density at radius 1 is 1.06 bits per heavy atom. The van der Waals surface area contributed by atoms with Crippen LogP contribution in [0.5, 0.6) is 5.75 Å². The molecule has 18 heavy (non-hydrogen) atoms. The molecule has 1 aromatic carbocycles. The van der Waals surface area contributed by atoms with E-state index >= 15 is 0 Å². The van der Waals surface area contributed by atoms with Crippen molar-refractivity contribution < 1.29 is 14.2 Å². The molecule has 0 amide bonds. The Morgan fingerprint density at radius 2 is 1.78 bits per heavy atom. The van der Waals surface area contributed by atoms with Crippen LogP contribution in [0.4, 0.5) is 0 Å². The lowest BCUT2D eigenvalue weighted by Crippen LogP contribution is -2.11. The molecule has 0 saturated carbocycles. The molecule has 1 aromatic rings. The summed E-state index contributed by atoms with van der Waals surface area (Å²) in [6.07, 6.45) is 2.84. The van der Waals surface area contributed by atoms with Crippen LogP contribution < -0.4 is 4.74 Å². The summed E-state index contributed by atoms with van der Waals surface area (Å²) in [7, 11) is 0. The van der Waals surface area contributed by atoms with E-state index in [1.54, 1.807) is 6.08 Å². The molecule has 0 spiro atoms. The van der Waals surface area contributed by atoms with Gasteiger partial charge in [-0.2, -0.15) is 0 Å². The predicted molar refractivity (Wildman–Crippen MR) is 74.0 cm³/mol. The highest BCUT2D eigenvalue weighted by Gasteiger charge is 1.95. The van der Waals surface area contributed by atoms with Crippen molar-refractivity contribution >= 4 is 6.08 Å². The van der Waals surface area contributed by atoms with Gasteiger partial charge in [0, 0.05) is 6.61 Å². The Balaban J connectivity index is 2.05. The lowest BCUT2D eigenvalue weighted by molar-refractivity contribution is 0.0366. The fraction of sp³-hybridized carbons (Fsp3) is 0.467. The molecular formula is C15H22O3. The Hall–Kier alpha value is -1.32. The highest BCUT2D eigenvalue weighted by Crippen LogP contribution is 2.13. The van der Waals surface area contributed by atoms with Crippen molar-refractivity contribution in [2.75, 3.05) is 33.0 Å². The number of benzene rings is 1. The zero-order chi connectivity index (χ0) is 13.1. The van der Waals surface area contributed by atoms with Gasteiger partial charge in [0.1, 0.15) is 12.4 Å². The molecule has 0 aliphatic carbocycles. The van der Waals surface area contributed by atoms with E-state index in [0.29, 0.717) is 26.4 Å². The molecule has 0 bridgehead atoms. The number of hydrogen-bond donors (Lipinski definition) is 0. The molecule has 100 valence electrons. The van der Waals surface area contributed by atoms with Gasteiger partial charge in [0.05, 0.1) is 19.8 Å². The van der Waals surface area contributed by atoms with Gasteiger partial charge in [-0.25, -0.2) is 0 Å². The summed E-state index contributed by atoms with van der Waals surface area (Å²) in [5.41, 5.74) is 1.06. The van der Waals surface area contributed by atoms with E-state index < -0.39 is 0 Å². The van der Waals surface area contributed by atoms with Crippen molar-refractivity contribution in [3.05, 3.63) is 36.4 Å². The first-order chi connectivity index (χ1) is 8.86. The number of rotatable bonds is 10. The molecule has 0 aliphatic heterocycles. The SMILES string of the molecule is C=Cc1cccc(OCCOCCOCCC)c1. The minimum Gasteiger partial charge on any atom is -0.491 e. The third-order valence-corrected chi connectivity index (χ3v) is 2.31. The maximum atomic E-state index is 5.56. The first-order valence-electron chi connectivity index (χ1n) is 6.37. The molecule has 0 aromatic heterocycles. The standard InChI is InChI=1S/C15H22O3/c1-3-8-16-9-10-17-11-12-18-15-7-5-6-14(4-2)13-15/h4-7,13H,2-3,8-12H2,1H3. The van der Waals surface area contributed by atoms with Crippen molar-refractivity contribution in [1.29, 1.82) is 0 Å². The summed E-state index contributed by atoms with van der Waals surface area (Å²) in [6, 6.07) is 7.82. The van der Waals surface area contributed by atoms with Gasteiger partial charge in [0.2, 0.25) is 0 Å². The fourth-order valence-electron chi connectivity index (χ4n) is 1.42. The van der Waals surface area contributed by atoms with Gasteiger partial charge in [-0.3, -0.25) is 0 Å². The zero-order valence-electron chi connectivity index (χ0n) is 11.1. The predicted octanol–water partition coefficient (Wildman–Crippen LogP) is 3.15. The van der Waals surface area contributed by atoms with Crippen LogP contribution in [0.1, 0.15) is 18.9 Å². The van der Waals surface area contributed by atoms with Crippen molar-refractivity contribution in [3.63, 3.8) is 0 Å². The average Bonchev–Trinajstić information content (AvgIpc) is 2.42. The average molecular weight is 250 g/mol. The minimum atomic E-state index is 0.550. The largest absolute Gasteiger partial charge is 0.491 e. The first-order valence-corrected chi connectivity index (χ1v) is 6.37. The Bertz CT molecular complexity index is 336. The monoisotopic (exact) mass is 250 g/mol. The van der Waals surface area contributed by atoms with Gasteiger partial charge in [0.25, 0.3) is 0 Å². The fourth-order valence-corrected chi connectivity index (χ4v) is 1.42. The zero-order valence-corrected chi connectivity index (χ0v) is 11.1. The highest BCUT2D eigenvalue weighted by molar-refractivity contribution is 5.49. The molecular weight excluding hydrogens is 228 g/mol. The Morgan fingerprint density at radius 3 is 2.50 bits per heavy atom. The van der Waals surface area contributed by atoms with Gasteiger partial charge >= 0.3 is 0 Å². The molecule has 0 fully saturated rings. The van der Waals surface area contributed by atoms with Crippen LogP contribution in [-0.2, 0) is 9.47 Å². The van der Waals surface area contributed by atoms with E-state index in [-0.39, 0.29) is 0 Å². The molecule has 0 saturated heterocycles. The molecule has 0 N–H and O–H groups in total. The lowest BCUT2D eigenvalue weighted by Gasteiger charge is -2.08. The van der Waals surface area contributed by atoms with Crippen LogP contribution in [0, 0.1) is 0 Å². The van der Waals surface area contributed by atoms with Crippen molar-refractivity contribution in [2.45, 2.75) is 13.3 Å². The van der Waals surface area contributed by atoms with Gasteiger partial charge in [0.15, 0.2) is 0 Å². The van der Waals surface area contributed by atoms with Crippen LogP contribution in [0.3, 0.4) is 0 Å². The summed E-state index contributed by atoms with van der Waals surface area (Å²) in [5.74, 6) is 0.846. The van der Waals surface area contributed by atoms with Crippen LogP contribution in [0.2, 0.25) is 0 Å². The van der Waals surface area contributed by atoms with Gasteiger partial charge < -0.3 is 14.2 Å². The minimum absolute atomic E-state index is 0.550. The first kappa shape index (κ1) is 14.7. The number of hydrogen-bond acceptors (Lipinski definition) is 3. The molecule has 0 unspecified atom stereocenters. The van der Waals surface area contributed by atoms with Crippen LogP contribution in [-0.4, -0.2) is 33.0 Å². The van der Waals surface area contributed by atoms with Gasteiger partial charge in [-0.05, 0) is 24.1 Å². The summed E-state index contributed by atoms with van der Waals surface area (Å²) < 4.78 is 16.3. The van der Waals surface area contributed by atoms with Crippen molar-refractivity contribution in [2.24, 2.45) is 0 Å². The van der Waals surface area contributed by atoms with E-state index in [9.17, 15) is 0 Å². The third kappa shape index (κ3) is 6.42. The second-order valence-electron chi connectivity index (χ2n) is 3.85. The molecule has 1 rings (SSSR count). The van der Waals surface area contributed by atoms with Crippen molar-refractivity contribution in [1.82, 2.24) is 0 Å². The summed E-state index contributed by atoms with van der Waals surface area (Å²) >= 11 is 0. The van der Waals surface area contributed by atoms with Gasteiger partial charge in [-0.15, -0.1) is 0 Å². The maximum Gasteiger partial charge on any atom is 0.120 e. The molecule has 3 nitrogen and oxygen atoms in total. The molecule has 3 heteroatoms. The highest BCUT2D eigenvalue weighted by atomic mass is 16.5. The second kappa shape index (κ2) is 9.68. The summed E-state index contributed by atoms with van der Waals surface area (Å²) in [5, 5.41) is 0. The maximum absolute atomic E-state index is 5.56. The van der Waals surface area contributed by atoms with Crippen LogP contribution >= 0.6 is 0 Å². The van der Waals surface area contributed by atoms with E-state index in [1.165, 1.54) is 0 Å². The van der Waals surface area contributed by atoms with Crippen LogP contribution in [0.15, 0.2) is 30.8 Å². The summed E-state index contributed by atoms with van der Waals surface area (Å²) in [4.78, 5) is 0. The molecule has 0 radical (unpaired) electrons. The molecule has 0 atom stereocenters. The van der Waals surface area contributed by atoms with Crippen LogP contribution in [0.25, 0.3) is 6.08 Å². The van der Waals surface area contributed by atoms with Gasteiger partial charge in [-0.1, -0.05) is 31.7 Å². The van der Waals surface area contributed by atoms with E-state index in [1.807, 2.05) is 24.3 Å². The Kier molecular flexibility index (Phi) is 7.93. The van der Waals surface area contributed by atoms with E-state index in [0.717, 1.165) is 24.3 Å². The topological polar surface area (TPSA) is 27.7 Å². The molecule has 0 heterocycles. The number of ether oxygens (including phenoxy) is 3. The third-order valence-electron chi connectivity index (χ3n) is 2.31. The van der Waals surface area contributed by atoms with Crippen molar-refractivity contribution in [3.8, 4) is 5.75 Å². The summed E-state index contributed by atoms with van der Waals surface area (Å²) in [6.45, 7) is 9.01. The second-order valence-corrected chi connectivity index (χ2v) is 3.85. The quantitative estimate of drug-likeness (QED) is 0.597. The molecule has 0 aliphatic rings.